The molecule has 1 aliphatic heterocycles. The zero-order valence-electron chi connectivity index (χ0n) is 12.0. The first-order chi connectivity index (χ1) is 9.11. The van der Waals surface area contributed by atoms with Crippen LogP contribution >= 0.6 is 0 Å². The van der Waals surface area contributed by atoms with Crippen molar-refractivity contribution in [3.63, 3.8) is 0 Å². The highest BCUT2D eigenvalue weighted by Crippen LogP contribution is 2.19. The summed E-state index contributed by atoms with van der Waals surface area (Å²) in [4.78, 5) is 20.7. The van der Waals surface area contributed by atoms with E-state index in [9.17, 15) is 4.79 Å². The number of carbonyl (C=O) groups excluding carboxylic acids is 1. The molecule has 0 spiro atoms. The number of aromatic amines is 1. The van der Waals surface area contributed by atoms with Gasteiger partial charge in [-0.25, -0.2) is 4.98 Å². The topological polar surface area (TPSA) is 65.1 Å². The van der Waals surface area contributed by atoms with Gasteiger partial charge in [0.2, 0.25) is 5.82 Å². The van der Waals surface area contributed by atoms with Crippen molar-refractivity contribution in [2.45, 2.75) is 38.6 Å². The van der Waals surface area contributed by atoms with Crippen molar-refractivity contribution < 1.29 is 4.79 Å². The average Bonchev–Trinajstić information content (AvgIpc) is 2.97. The molecular formula is C13H23N5O. The van der Waals surface area contributed by atoms with Crippen LogP contribution in [0.4, 0.5) is 0 Å². The lowest BCUT2D eigenvalue weighted by Gasteiger charge is -2.26. The SMILES string of the molecule is CCCc1nc(C(=O)N2CCCC2CN(C)C)n[nH]1. The van der Waals surface area contributed by atoms with Crippen LogP contribution in [-0.4, -0.2) is 64.1 Å². The number of nitrogens with zero attached hydrogens (tertiary/aromatic N) is 4. The number of likely N-dealkylation sites (tertiary alicyclic amines) is 1. The third-order valence-corrected chi connectivity index (χ3v) is 3.42. The molecule has 0 bridgehead atoms. The monoisotopic (exact) mass is 265 g/mol. The van der Waals surface area contributed by atoms with Crippen molar-refractivity contribution in [2.75, 3.05) is 27.2 Å². The highest BCUT2D eigenvalue weighted by Gasteiger charge is 2.31. The normalized spacial score (nSPS) is 19.4. The first kappa shape index (κ1) is 14.0. The lowest BCUT2D eigenvalue weighted by molar-refractivity contribution is 0.0704. The maximum atomic E-state index is 12.4. The zero-order valence-corrected chi connectivity index (χ0v) is 12.0. The molecule has 6 heteroatoms. The van der Waals surface area contributed by atoms with E-state index < -0.39 is 0 Å². The molecule has 1 amide bonds. The van der Waals surface area contributed by atoms with Gasteiger partial charge in [-0.3, -0.25) is 9.89 Å². The molecule has 1 fully saturated rings. The van der Waals surface area contributed by atoms with Crippen LogP contribution in [0.3, 0.4) is 0 Å². The molecule has 1 saturated heterocycles. The number of aromatic nitrogens is 3. The second-order valence-corrected chi connectivity index (χ2v) is 5.41. The number of carbonyl (C=O) groups is 1. The van der Waals surface area contributed by atoms with E-state index in [1.54, 1.807) is 0 Å². The molecule has 6 nitrogen and oxygen atoms in total. The summed E-state index contributed by atoms with van der Waals surface area (Å²) in [7, 11) is 4.07. The summed E-state index contributed by atoms with van der Waals surface area (Å²) in [6.07, 6.45) is 3.96. The Hall–Kier alpha value is -1.43. The Morgan fingerprint density at radius 1 is 1.53 bits per heavy atom. The summed E-state index contributed by atoms with van der Waals surface area (Å²) in [6, 6.07) is 0.288. The van der Waals surface area contributed by atoms with E-state index in [0.29, 0.717) is 5.82 Å². The summed E-state index contributed by atoms with van der Waals surface area (Å²) < 4.78 is 0. The van der Waals surface area contributed by atoms with Crippen LogP contribution in [0.2, 0.25) is 0 Å². The zero-order chi connectivity index (χ0) is 13.8. The molecule has 1 aliphatic rings. The first-order valence-corrected chi connectivity index (χ1v) is 6.98. The van der Waals surface area contributed by atoms with Gasteiger partial charge in [-0.05, 0) is 33.4 Å². The Balaban J connectivity index is 2.04. The van der Waals surface area contributed by atoms with Gasteiger partial charge in [-0.1, -0.05) is 6.92 Å². The lowest BCUT2D eigenvalue weighted by Crippen LogP contribution is -2.41. The molecule has 2 heterocycles. The van der Waals surface area contributed by atoms with Gasteiger partial charge in [0.15, 0.2) is 0 Å². The average molecular weight is 265 g/mol. The van der Waals surface area contributed by atoms with Gasteiger partial charge in [0.1, 0.15) is 5.82 Å². The number of hydrogen-bond donors (Lipinski definition) is 1. The smallest absolute Gasteiger partial charge is 0.293 e. The van der Waals surface area contributed by atoms with E-state index in [-0.39, 0.29) is 11.9 Å². The standard InChI is InChI=1S/C13H23N5O/c1-4-6-11-14-12(16-15-11)13(19)18-8-5-7-10(18)9-17(2)3/h10H,4-9H2,1-3H3,(H,14,15,16). The van der Waals surface area contributed by atoms with Crippen LogP contribution in [0.1, 0.15) is 42.6 Å². The van der Waals surface area contributed by atoms with Gasteiger partial charge in [-0.2, -0.15) is 0 Å². The number of nitrogens with one attached hydrogen (secondary N) is 1. The lowest BCUT2D eigenvalue weighted by atomic mass is 10.2. The van der Waals surface area contributed by atoms with Gasteiger partial charge in [0, 0.05) is 25.6 Å². The fraction of sp³-hybridized carbons (Fsp3) is 0.769. The Kier molecular flexibility index (Phi) is 4.52. The molecule has 106 valence electrons. The van der Waals surface area contributed by atoms with E-state index in [1.807, 2.05) is 19.0 Å². The predicted octanol–water partition coefficient (Wildman–Crippen LogP) is 0.923. The minimum absolute atomic E-state index is 0.0389. The molecule has 1 atom stereocenters. The minimum Gasteiger partial charge on any atom is -0.332 e. The molecule has 1 unspecified atom stereocenters. The molecule has 19 heavy (non-hydrogen) atoms. The quantitative estimate of drug-likeness (QED) is 0.860. The third-order valence-electron chi connectivity index (χ3n) is 3.42. The van der Waals surface area contributed by atoms with Gasteiger partial charge in [-0.15, -0.1) is 5.10 Å². The summed E-state index contributed by atoms with van der Waals surface area (Å²) in [6.45, 7) is 3.80. The van der Waals surface area contributed by atoms with Crippen molar-refractivity contribution in [2.24, 2.45) is 0 Å². The second kappa shape index (κ2) is 6.14. The number of H-pyrrole nitrogens is 1. The minimum atomic E-state index is -0.0389. The van der Waals surface area contributed by atoms with E-state index in [0.717, 1.165) is 44.6 Å². The van der Waals surface area contributed by atoms with Crippen LogP contribution in [-0.2, 0) is 6.42 Å². The van der Waals surface area contributed by atoms with Gasteiger partial charge in [0.05, 0.1) is 0 Å². The van der Waals surface area contributed by atoms with Crippen molar-refractivity contribution in [3.8, 4) is 0 Å². The second-order valence-electron chi connectivity index (χ2n) is 5.41. The molecule has 1 aromatic rings. The number of amides is 1. The summed E-state index contributed by atoms with van der Waals surface area (Å²) >= 11 is 0. The van der Waals surface area contributed by atoms with E-state index in [1.165, 1.54) is 0 Å². The van der Waals surface area contributed by atoms with Gasteiger partial charge in [0.25, 0.3) is 5.91 Å². The van der Waals surface area contributed by atoms with Crippen LogP contribution in [0.25, 0.3) is 0 Å². The molecule has 0 aromatic carbocycles. The van der Waals surface area contributed by atoms with Crippen molar-refractivity contribution in [1.29, 1.82) is 0 Å². The number of rotatable bonds is 5. The predicted molar refractivity (Wildman–Crippen MR) is 73.0 cm³/mol. The number of likely N-dealkylation sites (N-methyl/N-ethyl adjacent to an activating group) is 1. The van der Waals surface area contributed by atoms with Crippen molar-refractivity contribution >= 4 is 5.91 Å². The maximum Gasteiger partial charge on any atom is 0.293 e. The fourth-order valence-corrected chi connectivity index (χ4v) is 2.58. The molecule has 0 radical (unpaired) electrons. The third kappa shape index (κ3) is 3.32. The van der Waals surface area contributed by atoms with E-state index >= 15 is 0 Å². The Bertz CT molecular complexity index is 428. The van der Waals surface area contributed by atoms with E-state index in [2.05, 4.69) is 27.0 Å². The molecule has 2 rings (SSSR count). The largest absolute Gasteiger partial charge is 0.332 e. The van der Waals surface area contributed by atoms with Crippen molar-refractivity contribution in [3.05, 3.63) is 11.6 Å². The summed E-state index contributed by atoms with van der Waals surface area (Å²) in [5, 5.41) is 6.90. The highest BCUT2D eigenvalue weighted by atomic mass is 16.2. The summed E-state index contributed by atoms with van der Waals surface area (Å²) in [5.74, 6) is 1.08. The molecule has 0 aliphatic carbocycles. The van der Waals surface area contributed by atoms with Gasteiger partial charge >= 0.3 is 0 Å². The number of hydrogen-bond acceptors (Lipinski definition) is 4. The first-order valence-electron chi connectivity index (χ1n) is 6.98. The Morgan fingerprint density at radius 3 is 3.00 bits per heavy atom. The molecule has 1 aromatic heterocycles. The molecular weight excluding hydrogens is 242 g/mol. The van der Waals surface area contributed by atoms with Crippen LogP contribution in [0.5, 0.6) is 0 Å². The van der Waals surface area contributed by atoms with Crippen LogP contribution < -0.4 is 0 Å². The van der Waals surface area contributed by atoms with E-state index in [4.69, 9.17) is 0 Å². The Labute approximate surface area is 114 Å². The Morgan fingerprint density at radius 2 is 2.32 bits per heavy atom. The molecule has 1 N–H and O–H groups in total. The van der Waals surface area contributed by atoms with Gasteiger partial charge < -0.3 is 9.80 Å². The maximum absolute atomic E-state index is 12.4. The molecule has 0 saturated carbocycles. The van der Waals surface area contributed by atoms with Crippen LogP contribution in [0, 0.1) is 0 Å². The highest BCUT2D eigenvalue weighted by molar-refractivity contribution is 5.90. The summed E-state index contributed by atoms with van der Waals surface area (Å²) in [5.41, 5.74) is 0. The fourth-order valence-electron chi connectivity index (χ4n) is 2.58. The van der Waals surface area contributed by atoms with Crippen molar-refractivity contribution in [1.82, 2.24) is 25.0 Å². The van der Waals surface area contributed by atoms with Crippen LogP contribution in [0.15, 0.2) is 0 Å². The number of aryl methyl sites for hydroxylation is 1.